The van der Waals surface area contributed by atoms with Gasteiger partial charge < -0.3 is 0 Å². The van der Waals surface area contributed by atoms with Crippen molar-refractivity contribution in [2.24, 2.45) is 0 Å². The van der Waals surface area contributed by atoms with Crippen molar-refractivity contribution in [2.45, 2.75) is 93.2 Å². The van der Waals surface area contributed by atoms with Gasteiger partial charge in [-0.3, -0.25) is 0 Å². The van der Waals surface area contributed by atoms with E-state index < -0.39 is 18.0 Å². The van der Waals surface area contributed by atoms with E-state index >= 15 is 0 Å². The third kappa shape index (κ3) is 8.69. The summed E-state index contributed by atoms with van der Waals surface area (Å²) < 4.78 is 0. The number of rotatable bonds is 6. The van der Waals surface area contributed by atoms with Gasteiger partial charge in [0.05, 0.1) is 0 Å². The van der Waals surface area contributed by atoms with Crippen molar-refractivity contribution < 1.29 is 18.0 Å². The zero-order chi connectivity index (χ0) is 26.8. The Bertz CT molecular complexity index is 1190. The van der Waals surface area contributed by atoms with Gasteiger partial charge in [0.1, 0.15) is 0 Å². The van der Waals surface area contributed by atoms with Crippen LogP contribution in [-0.4, -0.2) is 5.43 Å². The first-order valence-electron chi connectivity index (χ1n) is 13.5. The average molecular weight is 619 g/mol. The van der Waals surface area contributed by atoms with Crippen molar-refractivity contribution in [3.05, 3.63) is 81.9 Å². The van der Waals surface area contributed by atoms with Crippen molar-refractivity contribution in [1.82, 2.24) is 0 Å². The second kappa shape index (κ2) is 15.7. The summed E-state index contributed by atoms with van der Waals surface area (Å²) in [4.78, 5) is 0. The first-order valence-corrected chi connectivity index (χ1v) is 25.4. The van der Waals surface area contributed by atoms with Gasteiger partial charge in [-0.25, -0.2) is 0 Å². The molecule has 36 heavy (non-hydrogen) atoms. The number of aryl methyl sites for hydroxylation is 6. The van der Waals surface area contributed by atoms with Crippen LogP contribution in [0.2, 0.25) is 12.1 Å². The molecule has 4 aromatic carbocycles. The maximum atomic E-state index is 5.85. The quantitative estimate of drug-likeness (QED) is 0.149. The molecule has 0 aliphatic rings. The first-order chi connectivity index (χ1) is 17.2. The minimum absolute atomic E-state index is 0.213. The van der Waals surface area contributed by atoms with Crippen LogP contribution in [0.3, 0.4) is 0 Å². The molecule has 0 aliphatic carbocycles. The van der Waals surface area contributed by atoms with E-state index in [4.69, 9.17) is 17.0 Å². The topological polar surface area (TPSA) is 0 Å². The Morgan fingerprint density at radius 2 is 1.06 bits per heavy atom. The van der Waals surface area contributed by atoms with Gasteiger partial charge >= 0.3 is 66.4 Å². The summed E-state index contributed by atoms with van der Waals surface area (Å²) in [6, 6.07) is 20.8. The van der Waals surface area contributed by atoms with E-state index in [0.29, 0.717) is 0 Å². The van der Waals surface area contributed by atoms with Crippen molar-refractivity contribution >= 4 is 44.0 Å². The predicted molar refractivity (Wildman–Crippen MR) is 164 cm³/mol. The van der Waals surface area contributed by atoms with Gasteiger partial charge in [0.2, 0.25) is 0 Å². The van der Waals surface area contributed by atoms with Gasteiger partial charge in [-0.2, -0.15) is 12.1 Å². The predicted octanol–water partition coefficient (Wildman–Crippen LogP) is 11.2. The van der Waals surface area contributed by atoms with Crippen LogP contribution in [0.4, 0.5) is 0 Å². The summed E-state index contributed by atoms with van der Waals surface area (Å²) in [5, 5.41) is 5.80. The van der Waals surface area contributed by atoms with Gasteiger partial charge in [-0.1, -0.05) is 77.6 Å². The molecular formula is C32H44Cl2SiZr-2. The van der Waals surface area contributed by atoms with Crippen LogP contribution in [0.25, 0.3) is 21.5 Å². The molecule has 0 unspecified atom stereocenters. The minimum atomic E-state index is -1.72. The number of halogens is 2. The zero-order valence-electron chi connectivity index (χ0n) is 23.6. The van der Waals surface area contributed by atoms with Gasteiger partial charge in [0.25, 0.3) is 0 Å². The van der Waals surface area contributed by atoms with Gasteiger partial charge in [0.15, 0.2) is 0 Å². The number of hydrogen-bond donors (Lipinski definition) is 0. The normalized spacial score (nSPS) is 10.6. The summed E-state index contributed by atoms with van der Waals surface area (Å²) in [5.41, 5.74) is 8.34. The van der Waals surface area contributed by atoms with Crippen LogP contribution in [0.5, 0.6) is 0 Å². The van der Waals surface area contributed by atoms with Crippen molar-refractivity contribution in [1.29, 1.82) is 0 Å². The maximum absolute atomic E-state index is 5.85. The molecule has 0 radical (unpaired) electrons. The molecule has 0 atom stereocenters. The molecule has 0 heterocycles. The molecule has 0 amide bonds. The van der Waals surface area contributed by atoms with Crippen LogP contribution < -0.4 is 0 Å². The molecule has 0 saturated carbocycles. The monoisotopic (exact) mass is 616 g/mol. The second-order valence-corrected chi connectivity index (χ2v) is 31.3. The molecule has 0 aliphatic heterocycles. The van der Waals surface area contributed by atoms with E-state index in [9.17, 15) is 0 Å². The SMILES string of the molecule is CCCc1ccc(C)c2[cH-]c(C)cc12.CCCc1ccc(C)c2[cH-]c(C)cc12.CC[Si](CC)=[Zr]([Cl])[Cl]. The van der Waals surface area contributed by atoms with Crippen LogP contribution in [-0.2, 0) is 30.8 Å². The molecule has 0 bridgehead atoms. The second-order valence-electron chi connectivity index (χ2n) is 9.87. The summed E-state index contributed by atoms with van der Waals surface area (Å²) in [7, 11) is 11.7. The van der Waals surface area contributed by atoms with E-state index in [1.807, 2.05) is 0 Å². The third-order valence-electron chi connectivity index (χ3n) is 6.84. The fourth-order valence-electron chi connectivity index (χ4n) is 4.79. The molecule has 0 spiro atoms. The summed E-state index contributed by atoms with van der Waals surface area (Å²) in [6.07, 6.45) is 4.84. The Labute approximate surface area is 235 Å². The summed E-state index contributed by atoms with van der Waals surface area (Å²) in [6.45, 7) is 17.6. The molecule has 0 N–H and O–H groups in total. The number of fused-ring (bicyclic) bond motifs is 2. The van der Waals surface area contributed by atoms with E-state index in [-0.39, 0.29) is 5.43 Å². The van der Waals surface area contributed by atoms with Crippen molar-refractivity contribution in [2.75, 3.05) is 0 Å². The van der Waals surface area contributed by atoms with Gasteiger partial charge in [0, 0.05) is 0 Å². The molecule has 4 heteroatoms. The molecule has 0 fully saturated rings. The van der Waals surface area contributed by atoms with Gasteiger partial charge in [-0.15, -0.1) is 68.1 Å². The zero-order valence-corrected chi connectivity index (χ0v) is 28.6. The van der Waals surface area contributed by atoms with Crippen LogP contribution in [0, 0.1) is 27.7 Å². The first kappa shape index (κ1) is 31.6. The van der Waals surface area contributed by atoms with Crippen LogP contribution >= 0.6 is 17.0 Å². The third-order valence-corrected chi connectivity index (χ3v) is 27.7. The van der Waals surface area contributed by atoms with E-state index in [2.05, 4.69) is 104 Å². The fraction of sp³-hybridized carbons (Fsp3) is 0.438. The van der Waals surface area contributed by atoms with Crippen LogP contribution in [0.1, 0.15) is 73.9 Å². The standard InChI is InChI=1S/2C14H17.C4H10Si.2ClH.Zr/c2*1-4-5-12-7-6-11(3)13-8-10(2)9-14(12)13;1-3-5-4-2;;;/h2*6-9H,4-5H2,1-3H3;3-4H2,1-2H3;2*1H;/q2*-1;;;;+2/p-2. The Kier molecular flexibility index (Phi) is 13.7. The summed E-state index contributed by atoms with van der Waals surface area (Å²) in [5.74, 6) is 0. The molecule has 0 nitrogen and oxygen atoms in total. The fourth-order valence-corrected chi connectivity index (χ4v) is 19.3. The molecule has 196 valence electrons. The Hall–Kier alpha value is -0.660. The van der Waals surface area contributed by atoms with Gasteiger partial charge in [-0.05, 0) is 12.8 Å². The molecule has 0 saturated heterocycles. The molecule has 4 rings (SSSR count). The Morgan fingerprint density at radius 1 is 0.667 bits per heavy atom. The number of hydrogen-bond acceptors (Lipinski definition) is 0. The Balaban J connectivity index is 0.000000199. The summed E-state index contributed by atoms with van der Waals surface area (Å²) >= 11 is -1.72. The average Bonchev–Trinajstić information content (AvgIpc) is 3.43. The van der Waals surface area contributed by atoms with E-state index in [0.717, 1.165) is 0 Å². The molecule has 4 aromatic rings. The Morgan fingerprint density at radius 3 is 1.33 bits per heavy atom. The van der Waals surface area contributed by atoms with Crippen molar-refractivity contribution in [3.8, 4) is 0 Å². The van der Waals surface area contributed by atoms with E-state index in [1.54, 1.807) is 0 Å². The van der Waals surface area contributed by atoms with E-state index in [1.165, 1.54) is 92.7 Å². The van der Waals surface area contributed by atoms with Crippen LogP contribution in [0.15, 0.2) is 48.5 Å². The molecular weight excluding hydrogens is 575 g/mol. The molecule has 0 aromatic heterocycles. The van der Waals surface area contributed by atoms with Crippen molar-refractivity contribution in [3.63, 3.8) is 0 Å². The number of benzene rings is 2.